The maximum atomic E-state index is 5.75. The molecule has 6 heteroatoms. The van der Waals surface area contributed by atoms with Crippen molar-refractivity contribution >= 4 is 39.3 Å². The lowest BCUT2D eigenvalue weighted by molar-refractivity contribution is 0.296. The van der Waals surface area contributed by atoms with E-state index in [1.165, 1.54) is 0 Å². The fourth-order valence-electron chi connectivity index (χ4n) is 1.02. The first kappa shape index (κ1) is 10.9. The summed E-state index contributed by atoms with van der Waals surface area (Å²) in [6.45, 7) is 0.423. The molecule has 3 nitrogen and oxygen atoms in total. The summed E-state index contributed by atoms with van der Waals surface area (Å²) in [6.07, 6.45) is 0. The van der Waals surface area contributed by atoms with Gasteiger partial charge in [-0.05, 0) is 6.07 Å². The van der Waals surface area contributed by atoms with Crippen molar-refractivity contribution in [1.82, 2.24) is 8.75 Å². The van der Waals surface area contributed by atoms with Gasteiger partial charge in [-0.1, -0.05) is 45.7 Å². The Morgan fingerprint density at radius 3 is 2.80 bits per heavy atom. The first-order valence-corrected chi connectivity index (χ1v) is 6.02. The molecule has 0 saturated heterocycles. The highest BCUT2D eigenvalue weighted by Gasteiger charge is 2.07. The first-order valence-electron chi connectivity index (χ1n) is 4.11. The topological polar surface area (TPSA) is 35.0 Å². The Morgan fingerprint density at radius 2 is 2.13 bits per heavy atom. The number of aromatic nitrogens is 2. The molecule has 0 aliphatic rings. The molecular formula is C9H6BrClN2OS. The molecule has 0 aliphatic heterocycles. The van der Waals surface area contributed by atoms with Crippen LogP contribution in [-0.4, -0.2) is 8.75 Å². The second-order valence-corrected chi connectivity index (χ2v) is 4.48. The highest BCUT2D eigenvalue weighted by atomic mass is 79.9. The molecule has 0 bridgehead atoms. The van der Waals surface area contributed by atoms with Crippen LogP contribution >= 0.6 is 39.3 Å². The number of halogens is 2. The highest BCUT2D eigenvalue weighted by Crippen LogP contribution is 2.23. The maximum absolute atomic E-state index is 5.75. The van der Waals surface area contributed by atoms with E-state index in [0.717, 1.165) is 21.8 Å². The Labute approximate surface area is 104 Å². The highest BCUT2D eigenvalue weighted by molar-refractivity contribution is 9.10. The maximum Gasteiger partial charge on any atom is 0.265 e. The zero-order chi connectivity index (χ0) is 10.7. The van der Waals surface area contributed by atoms with E-state index in [0.29, 0.717) is 17.6 Å². The molecule has 0 unspecified atom stereocenters. The second-order valence-electron chi connectivity index (χ2n) is 2.74. The Hall–Kier alpha value is -0.650. The molecule has 1 aromatic heterocycles. The van der Waals surface area contributed by atoms with Crippen LogP contribution in [0.25, 0.3) is 0 Å². The van der Waals surface area contributed by atoms with E-state index < -0.39 is 0 Å². The fraction of sp³-hybridized carbons (Fsp3) is 0.111. The van der Waals surface area contributed by atoms with Gasteiger partial charge in [-0.3, -0.25) is 0 Å². The molecular weight excluding hydrogens is 300 g/mol. The summed E-state index contributed by atoms with van der Waals surface area (Å²) < 4.78 is 14.2. The van der Waals surface area contributed by atoms with Crippen LogP contribution in [0, 0.1) is 0 Å². The normalized spacial score (nSPS) is 10.3. The van der Waals surface area contributed by atoms with Gasteiger partial charge < -0.3 is 4.74 Å². The summed E-state index contributed by atoms with van der Waals surface area (Å²) in [5.41, 5.74) is 1.04. The van der Waals surface area contributed by atoms with Crippen molar-refractivity contribution in [2.75, 3.05) is 0 Å². The van der Waals surface area contributed by atoms with Crippen molar-refractivity contribution in [3.63, 3.8) is 0 Å². The van der Waals surface area contributed by atoms with Crippen LogP contribution in [0.3, 0.4) is 0 Å². The van der Waals surface area contributed by atoms with Crippen LogP contribution in [0.1, 0.15) is 5.56 Å². The lowest BCUT2D eigenvalue weighted by Gasteiger charge is -2.04. The third kappa shape index (κ3) is 2.68. The van der Waals surface area contributed by atoms with Crippen LogP contribution in [0.4, 0.5) is 0 Å². The van der Waals surface area contributed by atoms with Gasteiger partial charge in [0.15, 0.2) is 0 Å². The van der Waals surface area contributed by atoms with Crippen LogP contribution < -0.4 is 4.74 Å². The van der Waals surface area contributed by atoms with E-state index in [4.69, 9.17) is 16.3 Å². The molecule has 2 rings (SSSR count). The average molecular weight is 306 g/mol. The van der Waals surface area contributed by atoms with Crippen molar-refractivity contribution in [2.24, 2.45) is 0 Å². The molecule has 0 atom stereocenters. The largest absolute Gasteiger partial charge is 0.470 e. The monoisotopic (exact) mass is 304 g/mol. The van der Waals surface area contributed by atoms with E-state index >= 15 is 0 Å². The predicted molar refractivity (Wildman–Crippen MR) is 63.4 cm³/mol. The Kier molecular flexibility index (Phi) is 3.56. The molecule has 0 saturated carbocycles. The molecule has 0 aliphatic carbocycles. The molecule has 78 valence electrons. The molecule has 0 fully saturated rings. The third-order valence-corrected chi connectivity index (χ3v) is 3.38. The molecule has 0 spiro atoms. The van der Waals surface area contributed by atoms with Gasteiger partial charge in [-0.15, -0.1) is 4.37 Å². The van der Waals surface area contributed by atoms with E-state index in [-0.39, 0.29) is 0 Å². The van der Waals surface area contributed by atoms with E-state index in [2.05, 4.69) is 24.7 Å². The number of benzene rings is 1. The van der Waals surface area contributed by atoms with Crippen LogP contribution in [0.5, 0.6) is 5.88 Å². The molecule has 0 N–H and O–H groups in total. The summed E-state index contributed by atoms with van der Waals surface area (Å²) in [6, 6.07) is 7.83. The van der Waals surface area contributed by atoms with E-state index in [9.17, 15) is 0 Å². The van der Waals surface area contributed by atoms with E-state index in [1.54, 1.807) is 0 Å². The van der Waals surface area contributed by atoms with Gasteiger partial charge in [0.05, 0.1) is 11.7 Å². The third-order valence-electron chi connectivity index (χ3n) is 1.74. The summed E-state index contributed by atoms with van der Waals surface area (Å²) in [4.78, 5) is 0. The molecule has 2 aromatic rings. The molecule has 1 heterocycles. The van der Waals surface area contributed by atoms with Crippen LogP contribution in [0.2, 0.25) is 5.15 Å². The molecule has 0 radical (unpaired) electrons. The summed E-state index contributed by atoms with van der Waals surface area (Å²) in [7, 11) is 0. The minimum Gasteiger partial charge on any atom is -0.470 e. The lowest BCUT2D eigenvalue weighted by atomic mass is 10.2. The SMILES string of the molecule is Clc1nsnc1OCc1ccccc1Br. The van der Waals surface area contributed by atoms with Gasteiger partial charge in [-0.25, -0.2) is 0 Å². The zero-order valence-electron chi connectivity index (χ0n) is 7.48. The number of rotatable bonds is 3. The smallest absolute Gasteiger partial charge is 0.265 e. The van der Waals surface area contributed by atoms with Gasteiger partial charge in [0.25, 0.3) is 5.88 Å². The first-order chi connectivity index (χ1) is 7.27. The molecule has 0 amide bonds. The lowest BCUT2D eigenvalue weighted by Crippen LogP contribution is -1.96. The fourth-order valence-corrected chi connectivity index (χ4v) is 2.06. The second kappa shape index (κ2) is 4.92. The minimum atomic E-state index is 0.312. The Balaban J connectivity index is 2.06. The summed E-state index contributed by atoms with van der Waals surface area (Å²) in [5, 5.41) is 0.312. The number of hydrogen-bond donors (Lipinski definition) is 0. The average Bonchev–Trinajstić information content (AvgIpc) is 2.63. The molecule has 15 heavy (non-hydrogen) atoms. The predicted octanol–water partition coefficient (Wildman–Crippen LogP) is 3.53. The summed E-state index contributed by atoms with van der Waals surface area (Å²) >= 11 is 10.2. The van der Waals surface area contributed by atoms with Crippen LogP contribution in [0.15, 0.2) is 28.7 Å². The van der Waals surface area contributed by atoms with E-state index in [1.807, 2.05) is 24.3 Å². The number of ether oxygens (including phenoxy) is 1. The van der Waals surface area contributed by atoms with Crippen molar-refractivity contribution in [3.05, 3.63) is 39.5 Å². The van der Waals surface area contributed by atoms with Crippen molar-refractivity contribution in [2.45, 2.75) is 6.61 Å². The van der Waals surface area contributed by atoms with Gasteiger partial charge >= 0.3 is 0 Å². The molecule has 1 aromatic carbocycles. The number of nitrogens with zero attached hydrogens (tertiary/aromatic N) is 2. The summed E-state index contributed by atoms with van der Waals surface area (Å²) in [5.74, 6) is 0.386. The van der Waals surface area contributed by atoms with Gasteiger partial charge in [0.2, 0.25) is 5.15 Å². The van der Waals surface area contributed by atoms with Crippen molar-refractivity contribution in [1.29, 1.82) is 0 Å². The standard InChI is InChI=1S/C9H6BrClN2OS/c10-7-4-2-1-3-6(7)5-14-9-8(11)12-15-13-9/h1-4H,5H2. The zero-order valence-corrected chi connectivity index (χ0v) is 10.6. The Morgan fingerprint density at radius 1 is 1.33 bits per heavy atom. The minimum absolute atomic E-state index is 0.312. The van der Waals surface area contributed by atoms with Gasteiger partial charge in [0, 0.05) is 10.0 Å². The van der Waals surface area contributed by atoms with Crippen LogP contribution in [-0.2, 0) is 6.61 Å². The Bertz CT molecular complexity index is 463. The quantitative estimate of drug-likeness (QED) is 0.870. The van der Waals surface area contributed by atoms with Crippen molar-refractivity contribution < 1.29 is 4.74 Å². The number of hydrogen-bond acceptors (Lipinski definition) is 4. The van der Waals surface area contributed by atoms with Gasteiger partial charge in [0.1, 0.15) is 6.61 Å². The van der Waals surface area contributed by atoms with Crippen molar-refractivity contribution in [3.8, 4) is 5.88 Å². The van der Waals surface area contributed by atoms with Gasteiger partial charge in [-0.2, -0.15) is 4.37 Å².